The Morgan fingerprint density at radius 2 is 2.11 bits per heavy atom. The van der Waals surface area contributed by atoms with E-state index in [0.29, 0.717) is 13.0 Å². The lowest BCUT2D eigenvalue weighted by molar-refractivity contribution is -0.132. The second-order valence-electron chi connectivity index (χ2n) is 7.13. The Balaban J connectivity index is 1.41. The van der Waals surface area contributed by atoms with Gasteiger partial charge < -0.3 is 9.64 Å². The smallest absolute Gasteiger partial charge is 0.226 e. The summed E-state index contributed by atoms with van der Waals surface area (Å²) in [6.45, 7) is 5.29. The van der Waals surface area contributed by atoms with E-state index in [1.54, 1.807) is 11.3 Å². The molecule has 0 aliphatic carbocycles. The van der Waals surface area contributed by atoms with Gasteiger partial charge in [-0.25, -0.2) is 4.98 Å². The van der Waals surface area contributed by atoms with Crippen molar-refractivity contribution in [2.75, 3.05) is 13.2 Å². The summed E-state index contributed by atoms with van der Waals surface area (Å²) in [4.78, 5) is 19.6. The maximum absolute atomic E-state index is 12.8. The second kappa shape index (κ2) is 7.69. The summed E-state index contributed by atoms with van der Waals surface area (Å²) in [7, 11) is 0. The van der Waals surface area contributed by atoms with Crippen molar-refractivity contribution < 1.29 is 9.53 Å². The lowest BCUT2D eigenvalue weighted by Gasteiger charge is -2.23. The molecule has 4 nitrogen and oxygen atoms in total. The molecule has 0 saturated carbocycles. The van der Waals surface area contributed by atoms with Gasteiger partial charge in [0.1, 0.15) is 10.8 Å². The van der Waals surface area contributed by atoms with Gasteiger partial charge in [-0.15, -0.1) is 11.3 Å². The van der Waals surface area contributed by atoms with Crippen LogP contribution in [0.5, 0.6) is 5.75 Å². The number of carbonyl (C=O) groups excluding carboxylic acids is 1. The molecule has 1 aliphatic heterocycles. The number of benzene rings is 2. The van der Waals surface area contributed by atoms with Gasteiger partial charge in [0.15, 0.2) is 0 Å². The van der Waals surface area contributed by atoms with Gasteiger partial charge in [-0.1, -0.05) is 24.3 Å². The third-order valence-corrected chi connectivity index (χ3v) is 6.22. The van der Waals surface area contributed by atoms with Crippen molar-refractivity contribution in [3.63, 3.8) is 0 Å². The molecule has 3 aromatic rings. The molecule has 1 aliphatic rings. The van der Waals surface area contributed by atoms with Crippen LogP contribution in [0, 0.1) is 13.8 Å². The van der Waals surface area contributed by atoms with Gasteiger partial charge in [0.2, 0.25) is 5.91 Å². The Hall–Kier alpha value is -2.40. The van der Waals surface area contributed by atoms with Gasteiger partial charge in [-0.3, -0.25) is 4.79 Å². The highest BCUT2D eigenvalue weighted by Crippen LogP contribution is 2.36. The Morgan fingerprint density at radius 3 is 2.96 bits per heavy atom. The molecule has 1 saturated heterocycles. The first kappa shape index (κ1) is 18.0. The SMILES string of the molecule is Cc1ccc(C)c(OCCC(=O)N2CCC[C@@H]2c2nc3ccccc3s2)c1. The van der Waals surface area contributed by atoms with Crippen molar-refractivity contribution in [1.29, 1.82) is 0 Å². The van der Waals surface area contributed by atoms with Gasteiger partial charge >= 0.3 is 0 Å². The molecular weight excluding hydrogens is 356 g/mol. The van der Waals surface area contributed by atoms with E-state index in [0.717, 1.165) is 46.8 Å². The Kier molecular flexibility index (Phi) is 5.12. The molecule has 1 atom stereocenters. The zero-order chi connectivity index (χ0) is 18.8. The van der Waals surface area contributed by atoms with E-state index in [2.05, 4.69) is 18.2 Å². The standard InChI is InChI=1S/C22H24N2O2S/c1-15-9-10-16(2)19(14-15)26-13-11-21(25)24-12-5-7-18(24)22-23-17-6-3-4-8-20(17)27-22/h3-4,6,8-10,14,18H,5,7,11-13H2,1-2H3/t18-/m1/s1. The zero-order valence-corrected chi connectivity index (χ0v) is 16.6. The van der Waals surface area contributed by atoms with Gasteiger partial charge in [0.25, 0.3) is 0 Å². The number of likely N-dealkylation sites (tertiary alicyclic amines) is 1. The summed E-state index contributed by atoms with van der Waals surface area (Å²) in [6, 6.07) is 14.4. The molecule has 27 heavy (non-hydrogen) atoms. The molecular formula is C22H24N2O2S. The Bertz CT molecular complexity index is 933. The fraction of sp³-hybridized carbons (Fsp3) is 0.364. The van der Waals surface area contributed by atoms with Crippen molar-refractivity contribution >= 4 is 27.5 Å². The van der Waals surface area contributed by atoms with Crippen LogP contribution in [0.4, 0.5) is 0 Å². The predicted molar refractivity (Wildman–Crippen MR) is 109 cm³/mol. The molecule has 2 heterocycles. The number of aryl methyl sites for hydroxylation is 2. The molecule has 0 unspecified atom stereocenters. The highest BCUT2D eigenvalue weighted by molar-refractivity contribution is 7.18. The number of nitrogens with zero attached hydrogens (tertiary/aromatic N) is 2. The van der Waals surface area contributed by atoms with Crippen LogP contribution in [0.3, 0.4) is 0 Å². The average molecular weight is 381 g/mol. The molecule has 2 aromatic carbocycles. The van der Waals surface area contributed by atoms with E-state index in [-0.39, 0.29) is 11.9 Å². The first-order valence-electron chi connectivity index (χ1n) is 9.47. The summed E-state index contributed by atoms with van der Waals surface area (Å²) in [6.07, 6.45) is 2.42. The van der Waals surface area contributed by atoms with E-state index < -0.39 is 0 Å². The van der Waals surface area contributed by atoms with Crippen LogP contribution < -0.4 is 4.74 Å². The number of hydrogen-bond donors (Lipinski definition) is 0. The predicted octanol–water partition coefficient (Wildman–Crippen LogP) is 5.05. The van der Waals surface area contributed by atoms with E-state index in [1.165, 1.54) is 4.70 Å². The zero-order valence-electron chi connectivity index (χ0n) is 15.8. The third kappa shape index (κ3) is 3.83. The van der Waals surface area contributed by atoms with Crippen molar-refractivity contribution in [2.45, 2.75) is 39.2 Å². The Morgan fingerprint density at radius 1 is 1.26 bits per heavy atom. The van der Waals surface area contributed by atoms with Crippen LogP contribution in [0.15, 0.2) is 42.5 Å². The van der Waals surface area contributed by atoms with E-state index in [9.17, 15) is 4.79 Å². The van der Waals surface area contributed by atoms with Gasteiger partial charge in [0, 0.05) is 6.54 Å². The van der Waals surface area contributed by atoms with Gasteiger partial charge in [-0.2, -0.15) is 0 Å². The van der Waals surface area contributed by atoms with Crippen LogP contribution in [-0.4, -0.2) is 28.9 Å². The number of amides is 1. The van der Waals surface area contributed by atoms with Crippen LogP contribution in [-0.2, 0) is 4.79 Å². The molecule has 0 N–H and O–H groups in total. The maximum Gasteiger partial charge on any atom is 0.226 e. The fourth-order valence-corrected chi connectivity index (χ4v) is 4.72. The van der Waals surface area contributed by atoms with Crippen molar-refractivity contribution in [2.24, 2.45) is 0 Å². The van der Waals surface area contributed by atoms with E-state index in [1.807, 2.05) is 43.0 Å². The van der Waals surface area contributed by atoms with Gasteiger partial charge in [-0.05, 0) is 56.0 Å². The average Bonchev–Trinajstić information content (AvgIpc) is 3.30. The number of ether oxygens (including phenoxy) is 1. The van der Waals surface area contributed by atoms with Crippen LogP contribution in [0.1, 0.15) is 41.4 Å². The molecule has 140 valence electrons. The summed E-state index contributed by atoms with van der Waals surface area (Å²) in [5, 5.41) is 1.05. The summed E-state index contributed by atoms with van der Waals surface area (Å²) in [5.74, 6) is 1.02. The lowest BCUT2D eigenvalue weighted by atomic mass is 10.1. The fourth-order valence-electron chi connectivity index (χ4n) is 3.61. The quantitative estimate of drug-likeness (QED) is 0.622. The van der Waals surface area contributed by atoms with Crippen LogP contribution in [0.25, 0.3) is 10.2 Å². The Labute approximate surface area is 163 Å². The monoisotopic (exact) mass is 380 g/mol. The summed E-state index contributed by atoms with van der Waals surface area (Å²) >= 11 is 1.70. The third-order valence-electron chi connectivity index (χ3n) is 5.09. The first-order chi connectivity index (χ1) is 13.1. The minimum atomic E-state index is 0.107. The number of fused-ring (bicyclic) bond motifs is 1. The van der Waals surface area contributed by atoms with Crippen molar-refractivity contribution in [1.82, 2.24) is 9.88 Å². The lowest BCUT2D eigenvalue weighted by Crippen LogP contribution is -2.31. The van der Waals surface area contributed by atoms with Crippen LogP contribution >= 0.6 is 11.3 Å². The van der Waals surface area contributed by atoms with E-state index >= 15 is 0 Å². The highest BCUT2D eigenvalue weighted by Gasteiger charge is 2.31. The molecule has 0 radical (unpaired) electrons. The van der Waals surface area contributed by atoms with Crippen LogP contribution in [0.2, 0.25) is 0 Å². The molecule has 5 heteroatoms. The summed E-state index contributed by atoms with van der Waals surface area (Å²) < 4.78 is 7.06. The topological polar surface area (TPSA) is 42.4 Å². The van der Waals surface area contributed by atoms with Crippen molar-refractivity contribution in [3.8, 4) is 5.75 Å². The summed E-state index contributed by atoms with van der Waals surface area (Å²) in [5.41, 5.74) is 3.29. The second-order valence-corrected chi connectivity index (χ2v) is 8.19. The molecule has 1 amide bonds. The number of para-hydroxylation sites is 1. The first-order valence-corrected chi connectivity index (χ1v) is 10.3. The molecule has 1 aromatic heterocycles. The largest absolute Gasteiger partial charge is 0.493 e. The molecule has 1 fully saturated rings. The number of rotatable bonds is 5. The number of thiazole rings is 1. The maximum atomic E-state index is 12.8. The normalized spacial score (nSPS) is 16.8. The number of carbonyl (C=O) groups is 1. The van der Waals surface area contributed by atoms with E-state index in [4.69, 9.17) is 9.72 Å². The molecule has 0 bridgehead atoms. The van der Waals surface area contributed by atoms with Crippen molar-refractivity contribution in [3.05, 3.63) is 58.6 Å². The molecule has 0 spiro atoms. The minimum Gasteiger partial charge on any atom is -0.493 e. The number of hydrogen-bond acceptors (Lipinski definition) is 4. The highest BCUT2D eigenvalue weighted by atomic mass is 32.1. The van der Waals surface area contributed by atoms with Gasteiger partial charge in [0.05, 0.1) is 29.3 Å². The minimum absolute atomic E-state index is 0.107. The molecule has 4 rings (SSSR count). The number of aromatic nitrogens is 1.